The molecule has 0 amide bonds. The fourth-order valence-electron chi connectivity index (χ4n) is 10.8. The second kappa shape index (κ2) is 8.95. The number of fused-ring (bicyclic) bond motifs is 7. The van der Waals surface area contributed by atoms with Gasteiger partial charge in [0.05, 0.1) is 0 Å². The average Bonchev–Trinajstić information content (AvgIpc) is 3.59. The topological polar surface area (TPSA) is 0 Å². The normalized spacial score (nSPS) is 25.9. The Morgan fingerprint density at radius 3 is 1.96 bits per heavy atom. The van der Waals surface area contributed by atoms with Crippen LogP contribution >= 0.6 is 11.3 Å². The van der Waals surface area contributed by atoms with Gasteiger partial charge in [0.25, 0.3) is 0 Å². The largest absolute Gasteiger partial charge is 0.135 e. The fraction of sp³-hybridized carbons (Fsp3) is 0.227. The van der Waals surface area contributed by atoms with Crippen LogP contribution < -0.4 is 0 Å². The summed E-state index contributed by atoms with van der Waals surface area (Å²) < 4.78 is 2.76. The van der Waals surface area contributed by atoms with Gasteiger partial charge in [-0.2, -0.15) is 0 Å². The molecule has 0 N–H and O–H groups in total. The molecule has 12 rings (SSSR count). The van der Waals surface area contributed by atoms with Crippen molar-refractivity contribution in [3.05, 3.63) is 132 Å². The highest BCUT2D eigenvalue weighted by atomic mass is 32.1. The van der Waals surface area contributed by atoms with E-state index in [0.29, 0.717) is 0 Å². The maximum Gasteiger partial charge on any atom is 0.0361 e. The van der Waals surface area contributed by atoms with Crippen LogP contribution in [-0.4, -0.2) is 0 Å². The Labute approximate surface area is 268 Å². The average molecular weight is 595 g/mol. The quantitative estimate of drug-likeness (QED) is 0.187. The van der Waals surface area contributed by atoms with Crippen LogP contribution in [0.2, 0.25) is 0 Å². The highest BCUT2D eigenvalue weighted by Crippen LogP contribution is 2.69. The molecule has 0 unspecified atom stereocenters. The summed E-state index contributed by atoms with van der Waals surface area (Å²) in [6.07, 6.45) is 7.14. The van der Waals surface area contributed by atoms with Gasteiger partial charge in [0, 0.05) is 25.6 Å². The zero-order chi connectivity index (χ0) is 29.3. The summed E-state index contributed by atoms with van der Waals surface area (Å²) in [6, 6.07) is 46.8. The maximum atomic E-state index is 2.63. The minimum atomic E-state index is 0.166. The lowest BCUT2D eigenvalue weighted by molar-refractivity contribution is -0.0399. The molecule has 1 heteroatoms. The number of hydrogen-bond acceptors (Lipinski definition) is 1. The Morgan fingerprint density at radius 1 is 0.444 bits per heavy atom. The molecule has 4 fully saturated rings. The Morgan fingerprint density at radius 2 is 1.09 bits per heavy atom. The van der Waals surface area contributed by atoms with E-state index in [1.165, 1.54) is 96.4 Å². The van der Waals surface area contributed by atoms with Crippen LogP contribution in [0.4, 0.5) is 0 Å². The van der Waals surface area contributed by atoms with E-state index >= 15 is 0 Å². The Balaban J connectivity index is 1.10. The number of rotatable bonds is 2. The first-order valence-corrected chi connectivity index (χ1v) is 17.7. The molecule has 7 aromatic rings. The van der Waals surface area contributed by atoms with Gasteiger partial charge in [0.15, 0.2) is 0 Å². The summed E-state index contributed by atoms with van der Waals surface area (Å²) in [5.74, 6) is 3.42. The van der Waals surface area contributed by atoms with Gasteiger partial charge in [-0.3, -0.25) is 0 Å². The third kappa shape index (κ3) is 3.38. The standard InChI is InChI=1S/C44H34S/c1-2-6-29-22-30(10-9-28(29)5-1)32-11-14-36-39-23-31(33-12-15-38-37-7-3-4-8-42(37)45-43(38)25-33)13-16-40(39)44(41(36)24-32)34-18-26-17-27(20-34)21-35(44)19-26/h1-16,22-27,34-35H,17-21H2. The van der Waals surface area contributed by atoms with Crippen molar-refractivity contribution in [2.24, 2.45) is 23.7 Å². The van der Waals surface area contributed by atoms with Gasteiger partial charge < -0.3 is 0 Å². The third-order valence-corrected chi connectivity index (χ3v) is 13.6. The molecule has 4 bridgehead atoms. The monoisotopic (exact) mass is 594 g/mol. The van der Waals surface area contributed by atoms with Crippen molar-refractivity contribution in [2.45, 2.75) is 37.5 Å². The van der Waals surface area contributed by atoms with Crippen LogP contribution in [0, 0.1) is 23.7 Å². The van der Waals surface area contributed by atoms with Gasteiger partial charge in [-0.15, -0.1) is 11.3 Å². The van der Waals surface area contributed by atoms with Crippen molar-refractivity contribution in [2.75, 3.05) is 0 Å². The summed E-state index contributed by atoms with van der Waals surface area (Å²) in [5, 5.41) is 5.38. The van der Waals surface area contributed by atoms with Gasteiger partial charge in [0.1, 0.15) is 0 Å². The SMILES string of the molecule is c1ccc2cc(-c3ccc4c(c3)C3(c5ccc(-c6ccc7c(c6)sc6ccccc67)cc5-4)C4CC5CC(C4)CC3C5)ccc2c1. The summed E-state index contributed by atoms with van der Waals surface area (Å²) in [7, 11) is 0. The third-order valence-electron chi connectivity index (χ3n) is 12.4. The van der Waals surface area contributed by atoms with Crippen LogP contribution in [0.25, 0.3) is 64.3 Å². The molecule has 0 nitrogen and oxygen atoms in total. The Bertz CT molecular complexity index is 2320. The molecule has 1 heterocycles. The summed E-state index contributed by atoms with van der Waals surface area (Å²) in [4.78, 5) is 0. The van der Waals surface area contributed by atoms with E-state index in [1.54, 1.807) is 11.1 Å². The van der Waals surface area contributed by atoms with Crippen LogP contribution in [0.1, 0.15) is 43.2 Å². The minimum absolute atomic E-state index is 0.166. The zero-order valence-corrected chi connectivity index (χ0v) is 26.1. The van der Waals surface area contributed by atoms with Crippen molar-refractivity contribution in [3.63, 3.8) is 0 Å². The highest BCUT2D eigenvalue weighted by Gasteiger charge is 2.61. The van der Waals surface area contributed by atoms with Crippen LogP contribution in [0.3, 0.4) is 0 Å². The van der Waals surface area contributed by atoms with E-state index in [9.17, 15) is 0 Å². The van der Waals surface area contributed by atoms with Crippen molar-refractivity contribution < 1.29 is 0 Å². The first-order valence-electron chi connectivity index (χ1n) is 16.9. The first-order chi connectivity index (χ1) is 22.2. The smallest absolute Gasteiger partial charge is 0.0361 e. The zero-order valence-electron chi connectivity index (χ0n) is 25.3. The molecule has 0 atom stereocenters. The molecule has 45 heavy (non-hydrogen) atoms. The second-order valence-corrected chi connectivity index (χ2v) is 15.6. The van der Waals surface area contributed by atoms with Gasteiger partial charge >= 0.3 is 0 Å². The van der Waals surface area contributed by atoms with E-state index in [0.717, 1.165) is 23.7 Å². The molecule has 5 aliphatic rings. The fourth-order valence-corrected chi connectivity index (χ4v) is 12.0. The molecule has 216 valence electrons. The van der Waals surface area contributed by atoms with E-state index < -0.39 is 0 Å². The van der Waals surface area contributed by atoms with Crippen LogP contribution in [-0.2, 0) is 5.41 Å². The van der Waals surface area contributed by atoms with Gasteiger partial charge in [-0.1, -0.05) is 91.0 Å². The molecule has 0 aliphatic heterocycles. The number of hydrogen-bond donors (Lipinski definition) is 0. The van der Waals surface area contributed by atoms with Crippen molar-refractivity contribution in [1.82, 2.24) is 0 Å². The van der Waals surface area contributed by atoms with E-state index in [1.807, 2.05) is 11.3 Å². The van der Waals surface area contributed by atoms with E-state index in [2.05, 4.69) is 121 Å². The van der Waals surface area contributed by atoms with Crippen LogP contribution in [0.5, 0.6) is 0 Å². The summed E-state index contributed by atoms with van der Waals surface area (Å²) >= 11 is 1.92. The molecule has 5 aliphatic carbocycles. The van der Waals surface area contributed by atoms with Crippen molar-refractivity contribution in [3.8, 4) is 33.4 Å². The molecule has 4 saturated carbocycles. The lowest BCUT2D eigenvalue weighted by atomic mass is 9.43. The number of thiophene rings is 1. The van der Waals surface area contributed by atoms with E-state index in [-0.39, 0.29) is 5.41 Å². The van der Waals surface area contributed by atoms with Crippen molar-refractivity contribution >= 4 is 42.3 Å². The Hall–Kier alpha value is -4.20. The lowest BCUT2D eigenvalue weighted by Gasteiger charge is -2.61. The number of benzene rings is 6. The minimum Gasteiger partial charge on any atom is -0.135 e. The Kier molecular flexibility index (Phi) is 4.98. The summed E-state index contributed by atoms with van der Waals surface area (Å²) in [6.45, 7) is 0. The predicted molar refractivity (Wildman–Crippen MR) is 191 cm³/mol. The predicted octanol–water partition coefficient (Wildman–Crippen LogP) is 12.3. The van der Waals surface area contributed by atoms with Crippen molar-refractivity contribution in [1.29, 1.82) is 0 Å². The van der Waals surface area contributed by atoms with Crippen LogP contribution in [0.15, 0.2) is 121 Å². The maximum absolute atomic E-state index is 2.63. The van der Waals surface area contributed by atoms with Gasteiger partial charge in [-0.05, 0) is 141 Å². The molecular formula is C44H34S. The molecular weight excluding hydrogens is 561 g/mol. The molecule has 1 spiro atoms. The molecule has 0 saturated heterocycles. The summed E-state index contributed by atoms with van der Waals surface area (Å²) in [5.41, 5.74) is 11.8. The van der Waals surface area contributed by atoms with Gasteiger partial charge in [-0.25, -0.2) is 0 Å². The second-order valence-electron chi connectivity index (χ2n) is 14.6. The first kappa shape index (κ1) is 25.0. The molecule has 6 aromatic carbocycles. The molecule has 1 aromatic heterocycles. The van der Waals surface area contributed by atoms with Gasteiger partial charge in [0.2, 0.25) is 0 Å². The van der Waals surface area contributed by atoms with E-state index in [4.69, 9.17) is 0 Å². The lowest BCUT2D eigenvalue weighted by Crippen LogP contribution is -2.55. The molecule has 0 radical (unpaired) electrons. The highest BCUT2D eigenvalue weighted by molar-refractivity contribution is 7.25.